The Kier molecular flexibility index (Phi) is 7.57. The van der Waals surface area contributed by atoms with Gasteiger partial charge in [-0.05, 0) is 56.5 Å². The highest BCUT2D eigenvalue weighted by atomic mass is 32.1. The first-order valence-electron chi connectivity index (χ1n) is 9.97. The van der Waals surface area contributed by atoms with E-state index in [0.717, 1.165) is 47.9 Å². The van der Waals surface area contributed by atoms with Crippen LogP contribution in [0.15, 0.2) is 30.5 Å². The van der Waals surface area contributed by atoms with Crippen LogP contribution in [0.2, 0.25) is 0 Å². The van der Waals surface area contributed by atoms with Crippen molar-refractivity contribution in [3.05, 3.63) is 51.7 Å². The van der Waals surface area contributed by atoms with Gasteiger partial charge in [-0.15, -0.1) is 11.3 Å². The molecule has 1 aromatic heterocycles. The molecule has 2 aromatic rings. The summed E-state index contributed by atoms with van der Waals surface area (Å²) < 4.78 is 13.0. The summed E-state index contributed by atoms with van der Waals surface area (Å²) in [5.74, 6) is 0.160. The minimum atomic E-state index is -0.615. The van der Waals surface area contributed by atoms with E-state index >= 15 is 0 Å². The predicted molar refractivity (Wildman–Crippen MR) is 112 cm³/mol. The standard InChI is InChI=1S/C21H29FN4O2S/c1-15-23-11-19(29-15)12-24-21(28)25(2)13-16-7-9-26(10-8-16)14-20(27)17-3-5-18(22)6-4-17/h3-6,11,16,20,27H,7-10,12-14H2,1-2H3,(H,24,28). The molecule has 2 N–H and O–H groups in total. The summed E-state index contributed by atoms with van der Waals surface area (Å²) in [6.45, 7) is 5.50. The fourth-order valence-electron chi connectivity index (χ4n) is 3.64. The van der Waals surface area contributed by atoms with Crippen LogP contribution in [-0.2, 0) is 6.54 Å². The number of aryl methyl sites for hydroxylation is 1. The second-order valence-electron chi connectivity index (χ2n) is 7.70. The number of rotatable bonds is 7. The van der Waals surface area contributed by atoms with E-state index in [4.69, 9.17) is 0 Å². The van der Waals surface area contributed by atoms with Crippen molar-refractivity contribution in [3.8, 4) is 0 Å². The first-order valence-corrected chi connectivity index (χ1v) is 10.8. The zero-order valence-corrected chi connectivity index (χ0v) is 17.8. The zero-order chi connectivity index (χ0) is 20.8. The van der Waals surface area contributed by atoms with E-state index in [1.807, 2.05) is 14.0 Å². The van der Waals surface area contributed by atoms with Crippen LogP contribution in [0, 0.1) is 18.7 Å². The maximum atomic E-state index is 13.0. The molecule has 2 amide bonds. The summed E-state index contributed by atoms with van der Waals surface area (Å²) in [4.78, 5) is 21.6. The summed E-state index contributed by atoms with van der Waals surface area (Å²) in [6, 6.07) is 5.95. The van der Waals surface area contributed by atoms with Crippen LogP contribution in [-0.4, -0.2) is 59.1 Å². The van der Waals surface area contributed by atoms with E-state index in [1.165, 1.54) is 12.1 Å². The summed E-state index contributed by atoms with van der Waals surface area (Å²) in [5.41, 5.74) is 0.737. The van der Waals surface area contributed by atoms with Crippen molar-refractivity contribution in [2.75, 3.05) is 33.2 Å². The van der Waals surface area contributed by atoms with Crippen molar-refractivity contribution in [2.24, 2.45) is 5.92 Å². The molecule has 1 atom stereocenters. The topological polar surface area (TPSA) is 68.7 Å². The number of nitrogens with one attached hydrogen (secondary N) is 1. The number of piperidine rings is 1. The third kappa shape index (κ3) is 6.48. The van der Waals surface area contributed by atoms with Gasteiger partial charge in [-0.25, -0.2) is 14.2 Å². The van der Waals surface area contributed by atoms with Crippen molar-refractivity contribution in [3.63, 3.8) is 0 Å². The van der Waals surface area contributed by atoms with Crippen molar-refractivity contribution in [1.82, 2.24) is 20.1 Å². The number of aromatic nitrogens is 1. The average Bonchev–Trinajstić information content (AvgIpc) is 3.13. The van der Waals surface area contributed by atoms with E-state index in [0.29, 0.717) is 19.0 Å². The average molecular weight is 421 g/mol. The van der Waals surface area contributed by atoms with Gasteiger partial charge < -0.3 is 20.2 Å². The molecule has 0 bridgehead atoms. The Balaban J connectivity index is 1.37. The molecule has 158 valence electrons. The van der Waals surface area contributed by atoms with Gasteiger partial charge in [0.05, 0.1) is 17.7 Å². The van der Waals surface area contributed by atoms with E-state index in [9.17, 15) is 14.3 Å². The number of benzene rings is 1. The lowest BCUT2D eigenvalue weighted by Gasteiger charge is -2.34. The predicted octanol–water partition coefficient (Wildman–Crippen LogP) is 3.18. The molecular formula is C21H29FN4O2S. The SMILES string of the molecule is Cc1ncc(CNC(=O)N(C)CC2CCN(CC(O)c3ccc(F)cc3)CC2)s1. The first-order chi connectivity index (χ1) is 13.9. The molecule has 0 radical (unpaired) electrons. The zero-order valence-electron chi connectivity index (χ0n) is 17.0. The largest absolute Gasteiger partial charge is 0.387 e. The summed E-state index contributed by atoms with van der Waals surface area (Å²) >= 11 is 1.59. The molecule has 1 aromatic carbocycles. The Hall–Kier alpha value is -2.03. The lowest BCUT2D eigenvalue weighted by molar-refractivity contribution is 0.0847. The molecule has 0 aliphatic carbocycles. The Morgan fingerprint density at radius 2 is 2.07 bits per heavy atom. The van der Waals surface area contributed by atoms with Crippen LogP contribution in [0.5, 0.6) is 0 Å². The van der Waals surface area contributed by atoms with E-state index in [-0.39, 0.29) is 11.8 Å². The fraction of sp³-hybridized carbons (Fsp3) is 0.524. The number of carbonyl (C=O) groups is 1. The third-order valence-electron chi connectivity index (χ3n) is 5.35. The maximum absolute atomic E-state index is 13.0. The van der Waals surface area contributed by atoms with Gasteiger partial charge in [-0.1, -0.05) is 12.1 Å². The van der Waals surface area contributed by atoms with Crippen LogP contribution in [0.25, 0.3) is 0 Å². The van der Waals surface area contributed by atoms with Crippen molar-refractivity contribution >= 4 is 17.4 Å². The highest BCUT2D eigenvalue weighted by Crippen LogP contribution is 2.22. The number of nitrogens with zero attached hydrogens (tertiary/aromatic N) is 3. The monoisotopic (exact) mass is 420 g/mol. The molecule has 1 aliphatic heterocycles. The highest BCUT2D eigenvalue weighted by molar-refractivity contribution is 7.11. The van der Waals surface area contributed by atoms with Gasteiger partial charge in [0.15, 0.2) is 0 Å². The number of halogens is 1. The highest BCUT2D eigenvalue weighted by Gasteiger charge is 2.23. The lowest BCUT2D eigenvalue weighted by atomic mass is 9.95. The summed E-state index contributed by atoms with van der Waals surface area (Å²) in [7, 11) is 1.83. The second-order valence-corrected chi connectivity index (χ2v) is 9.02. The molecular weight excluding hydrogens is 391 g/mol. The number of aliphatic hydroxyl groups is 1. The Labute approximate surface area is 175 Å². The molecule has 0 saturated carbocycles. The molecule has 3 rings (SSSR count). The van der Waals surface area contributed by atoms with Gasteiger partial charge in [0, 0.05) is 31.2 Å². The molecule has 0 spiro atoms. The molecule has 29 heavy (non-hydrogen) atoms. The Bertz CT molecular complexity index is 790. The molecule has 1 unspecified atom stereocenters. The fourth-order valence-corrected chi connectivity index (χ4v) is 4.38. The quantitative estimate of drug-likeness (QED) is 0.722. The number of thiazole rings is 1. The van der Waals surface area contributed by atoms with Crippen molar-refractivity contribution in [1.29, 1.82) is 0 Å². The number of aliphatic hydroxyl groups excluding tert-OH is 1. The summed E-state index contributed by atoms with van der Waals surface area (Å²) in [5, 5.41) is 14.3. The molecule has 1 saturated heterocycles. The van der Waals surface area contributed by atoms with Crippen LogP contribution in [0.1, 0.15) is 34.4 Å². The smallest absolute Gasteiger partial charge is 0.317 e. The summed E-state index contributed by atoms with van der Waals surface area (Å²) in [6.07, 6.45) is 3.16. The van der Waals surface area contributed by atoms with Gasteiger partial charge in [0.2, 0.25) is 0 Å². The number of carbonyl (C=O) groups excluding carboxylic acids is 1. The number of hydrogen-bond acceptors (Lipinski definition) is 5. The van der Waals surface area contributed by atoms with Gasteiger partial charge in [-0.3, -0.25) is 0 Å². The van der Waals surface area contributed by atoms with Crippen LogP contribution in [0.3, 0.4) is 0 Å². The molecule has 1 fully saturated rings. The van der Waals surface area contributed by atoms with Gasteiger partial charge in [-0.2, -0.15) is 0 Å². The van der Waals surface area contributed by atoms with E-state index in [2.05, 4.69) is 15.2 Å². The van der Waals surface area contributed by atoms with Crippen LogP contribution in [0.4, 0.5) is 9.18 Å². The molecule has 8 heteroatoms. The Morgan fingerprint density at radius 3 is 2.69 bits per heavy atom. The normalized spacial score (nSPS) is 16.6. The molecule has 2 heterocycles. The first kappa shape index (κ1) is 21.7. The number of hydrogen-bond donors (Lipinski definition) is 2. The van der Waals surface area contributed by atoms with Crippen LogP contribution >= 0.6 is 11.3 Å². The minimum Gasteiger partial charge on any atom is -0.387 e. The Morgan fingerprint density at radius 1 is 1.38 bits per heavy atom. The molecule has 1 aliphatic rings. The second kappa shape index (κ2) is 10.1. The van der Waals surface area contributed by atoms with Crippen molar-refractivity contribution in [2.45, 2.75) is 32.4 Å². The van der Waals surface area contributed by atoms with E-state index < -0.39 is 6.10 Å². The van der Waals surface area contributed by atoms with Crippen molar-refractivity contribution < 1.29 is 14.3 Å². The number of β-amino-alcohol motifs (C(OH)–C–C–N with tert-alkyl or cyclic N) is 1. The van der Waals surface area contributed by atoms with Gasteiger partial charge in [0.1, 0.15) is 5.82 Å². The van der Waals surface area contributed by atoms with Gasteiger partial charge >= 0.3 is 6.03 Å². The maximum Gasteiger partial charge on any atom is 0.317 e. The van der Waals surface area contributed by atoms with E-state index in [1.54, 1.807) is 34.6 Å². The minimum absolute atomic E-state index is 0.0646. The lowest BCUT2D eigenvalue weighted by Crippen LogP contribution is -2.43. The molecule has 6 nitrogen and oxygen atoms in total. The van der Waals surface area contributed by atoms with Gasteiger partial charge in [0.25, 0.3) is 0 Å². The number of urea groups is 1. The third-order valence-corrected chi connectivity index (χ3v) is 6.27. The van der Waals surface area contributed by atoms with Crippen LogP contribution < -0.4 is 5.32 Å². The number of amides is 2. The number of likely N-dealkylation sites (tertiary alicyclic amines) is 1.